The highest BCUT2D eigenvalue weighted by molar-refractivity contribution is 7.89. The van der Waals surface area contributed by atoms with E-state index in [1.54, 1.807) is 17.7 Å². The molecule has 2 aromatic rings. The fraction of sp³-hybridized carbons (Fsp3) is 0.526. The number of rotatable bonds is 5. The molecule has 0 aliphatic carbocycles. The Balaban J connectivity index is 1.59. The third-order valence-corrected chi connectivity index (χ3v) is 7.45. The zero-order valence-electron chi connectivity index (χ0n) is 16.3. The summed E-state index contributed by atoms with van der Waals surface area (Å²) in [6.45, 7) is 1.53. The molecule has 0 spiro atoms. The number of aryl methyl sites for hydroxylation is 1. The van der Waals surface area contributed by atoms with Gasteiger partial charge < -0.3 is 14.6 Å². The minimum absolute atomic E-state index is 0.0360. The van der Waals surface area contributed by atoms with E-state index in [0.29, 0.717) is 18.9 Å². The quantitative estimate of drug-likeness (QED) is 0.767. The number of nitrogens with one attached hydrogen (secondary N) is 1. The average molecular weight is 444 g/mol. The van der Waals surface area contributed by atoms with Gasteiger partial charge in [-0.1, -0.05) is 6.07 Å². The van der Waals surface area contributed by atoms with Crippen LogP contribution in [0.2, 0.25) is 0 Å². The van der Waals surface area contributed by atoms with Crippen molar-refractivity contribution in [2.45, 2.75) is 23.7 Å². The van der Waals surface area contributed by atoms with Gasteiger partial charge in [-0.25, -0.2) is 13.4 Å². The molecule has 3 heterocycles. The second kappa shape index (κ2) is 7.86. The fourth-order valence-corrected chi connectivity index (χ4v) is 5.63. The number of alkyl halides is 3. The number of benzene rings is 1. The van der Waals surface area contributed by atoms with Gasteiger partial charge in [0.1, 0.15) is 0 Å². The number of hydrogen-bond donors (Lipinski definition) is 1. The highest BCUT2D eigenvalue weighted by Gasteiger charge is 2.44. The Hall–Kier alpha value is -2.11. The van der Waals surface area contributed by atoms with E-state index in [-0.39, 0.29) is 36.0 Å². The molecule has 0 amide bonds. The van der Waals surface area contributed by atoms with Gasteiger partial charge in [0.15, 0.2) is 5.03 Å². The van der Waals surface area contributed by atoms with Crippen LogP contribution in [-0.2, 0) is 28.0 Å². The van der Waals surface area contributed by atoms with Gasteiger partial charge in [-0.2, -0.15) is 17.5 Å². The van der Waals surface area contributed by atoms with E-state index in [1.807, 2.05) is 0 Å². The van der Waals surface area contributed by atoms with E-state index in [0.717, 1.165) is 18.6 Å². The van der Waals surface area contributed by atoms with Crippen LogP contribution in [-0.4, -0.2) is 54.6 Å². The average Bonchev–Trinajstić information content (AvgIpc) is 3.41. The van der Waals surface area contributed by atoms with Crippen molar-refractivity contribution in [1.82, 2.24) is 13.9 Å². The first-order chi connectivity index (χ1) is 14.1. The maximum atomic E-state index is 13.1. The molecule has 11 heteroatoms. The summed E-state index contributed by atoms with van der Waals surface area (Å²) in [5.74, 6) is 0.0535. The monoisotopic (exact) mass is 444 g/mol. The SMILES string of the molecule is Cn1cnc(S(=O)(=O)N2CC(Nc3cccc(C(F)(F)F)c3)C(C3CCOC3)C2)c1. The summed E-state index contributed by atoms with van der Waals surface area (Å²) < 4.78 is 73.7. The predicted octanol–water partition coefficient (Wildman–Crippen LogP) is 2.58. The fourth-order valence-electron chi connectivity index (χ4n) is 4.16. The predicted molar refractivity (Wildman–Crippen MR) is 103 cm³/mol. The second-order valence-corrected chi connectivity index (χ2v) is 9.70. The van der Waals surface area contributed by atoms with Crippen LogP contribution in [0.1, 0.15) is 12.0 Å². The molecule has 3 unspecified atom stereocenters. The van der Waals surface area contributed by atoms with Crippen molar-refractivity contribution in [3.8, 4) is 0 Å². The Morgan fingerprint density at radius 1 is 1.27 bits per heavy atom. The van der Waals surface area contributed by atoms with Gasteiger partial charge in [-0.15, -0.1) is 0 Å². The van der Waals surface area contributed by atoms with Gasteiger partial charge in [0.2, 0.25) is 0 Å². The molecule has 30 heavy (non-hydrogen) atoms. The lowest BCUT2D eigenvalue weighted by molar-refractivity contribution is -0.137. The van der Waals surface area contributed by atoms with Crippen LogP contribution < -0.4 is 5.32 Å². The van der Waals surface area contributed by atoms with Crippen LogP contribution in [0.4, 0.5) is 18.9 Å². The van der Waals surface area contributed by atoms with E-state index < -0.39 is 21.8 Å². The maximum Gasteiger partial charge on any atom is 0.416 e. The zero-order valence-corrected chi connectivity index (χ0v) is 17.2. The largest absolute Gasteiger partial charge is 0.416 e. The maximum absolute atomic E-state index is 13.1. The smallest absolute Gasteiger partial charge is 0.381 e. The van der Waals surface area contributed by atoms with Crippen LogP contribution in [0.15, 0.2) is 41.8 Å². The van der Waals surface area contributed by atoms with E-state index in [4.69, 9.17) is 4.74 Å². The molecule has 1 N–H and O–H groups in total. The van der Waals surface area contributed by atoms with Crippen molar-refractivity contribution in [3.63, 3.8) is 0 Å². The molecule has 0 saturated carbocycles. The lowest BCUT2D eigenvalue weighted by Gasteiger charge is -2.25. The van der Waals surface area contributed by atoms with Crippen molar-refractivity contribution < 1.29 is 26.3 Å². The minimum atomic E-state index is -4.44. The van der Waals surface area contributed by atoms with Gasteiger partial charge in [0.25, 0.3) is 10.0 Å². The Morgan fingerprint density at radius 2 is 2.07 bits per heavy atom. The molecule has 164 valence electrons. The highest BCUT2D eigenvalue weighted by Crippen LogP contribution is 2.36. The Bertz CT molecular complexity index is 1000. The van der Waals surface area contributed by atoms with Gasteiger partial charge >= 0.3 is 6.18 Å². The topological polar surface area (TPSA) is 76.5 Å². The zero-order chi connectivity index (χ0) is 21.5. The summed E-state index contributed by atoms with van der Waals surface area (Å²) in [6.07, 6.45) is -0.788. The van der Waals surface area contributed by atoms with E-state index in [1.165, 1.54) is 22.9 Å². The third-order valence-electron chi connectivity index (χ3n) is 5.73. The highest BCUT2D eigenvalue weighted by atomic mass is 32.2. The number of aromatic nitrogens is 2. The lowest BCUT2D eigenvalue weighted by atomic mass is 9.87. The summed E-state index contributed by atoms with van der Waals surface area (Å²) >= 11 is 0. The van der Waals surface area contributed by atoms with Gasteiger partial charge in [-0.05, 0) is 36.5 Å². The standard InChI is InChI=1S/C19H23F3N4O3S/c1-25-10-18(23-12-25)30(27,28)26-8-16(13-5-6-29-11-13)17(9-26)24-15-4-2-3-14(7-15)19(20,21)22/h2-4,7,10,12-13,16-17,24H,5-6,8-9,11H2,1H3. The molecule has 1 aromatic heterocycles. The van der Waals surface area contributed by atoms with Crippen molar-refractivity contribution >= 4 is 15.7 Å². The van der Waals surface area contributed by atoms with Crippen LogP contribution in [0.5, 0.6) is 0 Å². The summed E-state index contributed by atoms with van der Waals surface area (Å²) in [4.78, 5) is 3.97. The Morgan fingerprint density at radius 3 is 2.70 bits per heavy atom. The van der Waals surface area contributed by atoms with Crippen molar-refractivity contribution in [1.29, 1.82) is 0 Å². The summed E-state index contributed by atoms with van der Waals surface area (Å²) in [7, 11) is -2.11. The number of halogens is 3. The molecule has 2 fully saturated rings. The first-order valence-corrected chi connectivity index (χ1v) is 11.1. The first-order valence-electron chi connectivity index (χ1n) is 9.64. The molecule has 0 radical (unpaired) electrons. The molecular formula is C19H23F3N4O3S. The minimum Gasteiger partial charge on any atom is -0.381 e. The Labute approximate surface area is 172 Å². The second-order valence-electron chi connectivity index (χ2n) is 7.82. The van der Waals surface area contributed by atoms with Crippen molar-refractivity contribution in [2.24, 2.45) is 18.9 Å². The summed E-state index contributed by atoms with van der Waals surface area (Å²) in [5, 5.41) is 3.12. The summed E-state index contributed by atoms with van der Waals surface area (Å²) in [5.41, 5.74) is -0.431. The molecule has 0 bridgehead atoms. The van der Waals surface area contributed by atoms with Gasteiger partial charge in [0, 0.05) is 51.3 Å². The van der Waals surface area contributed by atoms with Crippen molar-refractivity contribution in [2.75, 3.05) is 31.6 Å². The number of imidazole rings is 1. The van der Waals surface area contributed by atoms with E-state index in [9.17, 15) is 21.6 Å². The lowest BCUT2D eigenvalue weighted by Crippen LogP contribution is -2.33. The van der Waals surface area contributed by atoms with E-state index >= 15 is 0 Å². The molecule has 2 aliphatic heterocycles. The van der Waals surface area contributed by atoms with Gasteiger partial charge in [0.05, 0.1) is 11.9 Å². The number of sulfonamides is 1. The summed E-state index contributed by atoms with van der Waals surface area (Å²) in [6, 6.07) is 4.64. The van der Waals surface area contributed by atoms with E-state index in [2.05, 4.69) is 10.3 Å². The molecule has 7 nitrogen and oxygen atoms in total. The van der Waals surface area contributed by atoms with Crippen LogP contribution in [0.3, 0.4) is 0 Å². The van der Waals surface area contributed by atoms with Gasteiger partial charge in [-0.3, -0.25) is 0 Å². The molecular weight excluding hydrogens is 421 g/mol. The Kier molecular flexibility index (Phi) is 5.54. The molecule has 2 saturated heterocycles. The van der Waals surface area contributed by atoms with Crippen LogP contribution in [0.25, 0.3) is 0 Å². The number of anilines is 1. The third kappa shape index (κ3) is 4.19. The van der Waals surface area contributed by atoms with Crippen LogP contribution >= 0.6 is 0 Å². The number of ether oxygens (including phenoxy) is 1. The van der Waals surface area contributed by atoms with Crippen molar-refractivity contribution in [3.05, 3.63) is 42.4 Å². The number of hydrogen-bond acceptors (Lipinski definition) is 5. The van der Waals surface area contributed by atoms with Crippen LogP contribution in [0, 0.1) is 11.8 Å². The molecule has 3 atom stereocenters. The molecule has 1 aromatic carbocycles. The molecule has 4 rings (SSSR count). The first kappa shape index (κ1) is 21.1. The number of nitrogens with zero attached hydrogens (tertiary/aromatic N) is 3. The normalized spacial score (nSPS) is 25.7. The molecule has 2 aliphatic rings.